The van der Waals surface area contributed by atoms with Crippen molar-refractivity contribution in [1.82, 2.24) is 4.90 Å². The Morgan fingerprint density at radius 1 is 1.19 bits per heavy atom. The zero-order chi connectivity index (χ0) is 18.7. The molecule has 0 N–H and O–H groups in total. The van der Waals surface area contributed by atoms with E-state index in [2.05, 4.69) is 0 Å². The summed E-state index contributed by atoms with van der Waals surface area (Å²) in [6.07, 6.45) is 1.84. The molecule has 1 saturated heterocycles. The van der Waals surface area contributed by atoms with Crippen LogP contribution in [0, 0.1) is 0 Å². The van der Waals surface area contributed by atoms with Gasteiger partial charge < -0.3 is 4.74 Å². The van der Waals surface area contributed by atoms with Crippen LogP contribution < -0.4 is 4.74 Å². The molecule has 0 spiro atoms. The lowest BCUT2D eigenvalue weighted by molar-refractivity contribution is -0.121. The summed E-state index contributed by atoms with van der Waals surface area (Å²) in [4.78, 5) is 14.5. The molecule has 0 bridgehead atoms. The highest BCUT2D eigenvalue weighted by atomic mass is 35.5. The molecule has 0 aromatic heterocycles. The molecule has 0 radical (unpaired) electrons. The van der Waals surface area contributed by atoms with Gasteiger partial charge >= 0.3 is 0 Å². The summed E-state index contributed by atoms with van der Waals surface area (Å²) in [5.41, 5.74) is 1.78. The zero-order valence-electron chi connectivity index (χ0n) is 13.9. The molecule has 0 saturated carbocycles. The maximum atomic E-state index is 12.2. The molecule has 3 nitrogen and oxygen atoms in total. The van der Waals surface area contributed by atoms with Crippen LogP contribution in [-0.4, -0.2) is 21.7 Å². The highest BCUT2D eigenvalue weighted by Gasteiger charge is 2.30. The van der Waals surface area contributed by atoms with E-state index in [4.69, 9.17) is 40.2 Å². The number of carbonyl (C=O) groups excluding carboxylic acids is 1. The second-order valence-electron chi connectivity index (χ2n) is 5.52. The Labute approximate surface area is 171 Å². The number of rotatable bonds is 5. The predicted octanol–water partition coefficient (Wildman–Crippen LogP) is 5.79. The second kappa shape index (κ2) is 8.44. The van der Waals surface area contributed by atoms with Crippen molar-refractivity contribution in [3.63, 3.8) is 0 Å². The van der Waals surface area contributed by atoms with Gasteiger partial charge in [0.15, 0.2) is 0 Å². The van der Waals surface area contributed by atoms with Crippen LogP contribution in [0.2, 0.25) is 10.0 Å². The largest absolute Gasteiger partial charge is 0.489 e. The number of ether oxygens (including phenoxy) is 1. The molecule has 134 valence electrons. The summed E-state index contributed by atoms with van der Waals surface area (Å²) in [5.74, 6) is 0.675. The van der Waals surface area contributed by atoms with Gasteiger partial charge in [-0.3, -0.25) is 9.69 Å². The molecule has 2 aromatic carbocycles. The van der Waals surface area contributed by atoms with Crippen molar-refractivity contribution in [2.24, 2.45) is 0 Å². The van der Waals surface area contributed by atoms with E-state index >= 15 is 0 Å². The highest BCUT2D eigenvalue weighted by Crippen LogP contribution is 2.32. The van der Waals surface area contributed by atoms with Gasteiger partial charge in [0.1, 0.15) is 16.7 Å². The first-order valence-corrected chi connectivity index (χ1v) is 9.88. The first-order chi connectivity index (χ1) is 12.5. The molecule has 1 heterocycles. The van der Waals surface area contributed by atoms with Gasteiger partial charge in [0.05, 0.1) is 4.91 Å². The van der Waals surface area contributed by atoms with Crippen LogP contribution in [0.4, 0.5) is 0 Å². The third kappa shape index (κ3) is 4.41. The quantitative estimate of drug-likeness (QED) is 0.449. The van der Waals surface area contributed by atoms with Gasteiger partial charge in [0, 0.05) is 22.2 Å². The lowest BCUT2D eigenvalue weighted by atomic mass is 10.2. The standard InChI is InChI=1S/C19H15Cl2NO2S2/c1-2-22-18(23)17(26-19(22)25)9-12-3-7-15(8-4-12)24-11-13-5-6-14(20)10-16(13)21/h3-10H,2,11H2,1H3/b17-9-. The molecular formula is C19H15Cl2NO2S2. The number of hydrogen-bond acceptors (Lipinski definition) is 4. The third-order valence-electron chi connectivity index (χ3n) is 3.78. The second-order valence-corrected chi connectivity index (χ2v) is 8.04. The SMILES string of the molecule is CCN1C(=O)/C(=C/c2ccc(OCc3ccc(Cl)cc3Cl)cc2)SC1=S. The smallest absolute Gasteiger partial charge is 0.266 e. The first kappa shape index (κ1) is 19.2. The maximum Gasteiger partial charge on any atom is 0.266 e. The lowest BCUT2D eigenvalue weighted by Crippen LogP contribution is -2.27. The van der Waals surface area contributed by atoms with E-state index in [-0.39, 0.29) is 5.91 Å². The van der Waals surface area contributed by atoms with Crippen LogP contribution in [0.1, 0.15) is 18.1 Å². The van der Waals surface area contributed by atoms with Crippen LogP contribution in [0.25, 0.3) is 6.08 Å². The van der Waals surface area contributed by atoms with Gasteiger partial charge in [-0.15, -0.1) is 0 Å². The van der Waals surface area contributed by atoms with E-state index in [0.29, 0.717) is 38.2 Å². The number of likely N-dealkylation sites (N-methyl/N-ethyl adjacent to an activating group) is 1. The number of carbonyl (C=O) groups is 1. The fourth-order valence-electron chi connectivity index (χ4n) is 2.38. The minimum atomic E-state index is -0.0415. The monoisotopic (exact) mass is 423 g/mol. The number of halogens is 2. The molecule has 1 amide bonds. The van der Waals surface area contributed by atoms with Crippen molar-refractivity contribution < 1.29 is 9.53 Å². The fourth-order valence-corrected chi connectivity index (χ4v) is 4.23. The van der Waals surface area contributed by atoms with Crippen LogP contribution in [0.5, 0.6) is 5.75 Å². The van der Waals surface area contributed by atoms with E-state index in [0.717, 1.165) is 11.1 Å². The van der Waals surface area contributed by atoms with Gasteiger partial charge in [-0.1, -0.05) is 65.4 Å². The Morgan fingerprint density at radius 2 is 1.92 bits per heavy atom. The third-order valence-corrected chi connectivity index (χ3v) is 5.74. The molecule has 1 aliphatic rings. The molecular weight excluding hydrogens is 409 g/mol. The van der Waals surface area contributed by atoms with Crippen LogP contribution in [-0.2, 0) is 11.4 Å². The van der Waals surface area contributed by atoms with Gasteiger partial charge in [-0.2, -0.15) is 0 Å². The van der Waals surface area contributed by atoms with Gasteiger partial charge in [-0.05, 0) is 42.8 Å². The molecule has 2 aromatic rings. The Bertz CT molecular complexity index is 882. The fraction of sp³-hybridized carbons (Fsp3) is 0.158. The van der Waals surface area contributed by atoms with Crippen molar-refractivity contribution >= 4 is 63.5 Å². The minimum Gasteiger partial charge on any atom is -0.489 e. The summed E-state index contributed by atoms with van der Waals surface area (Å²) < 4.78 is 6.36. The van der Waals surface area contributed by atoms with Crippen molar-refractivity contribution in [2.45, 2.75) is 13.5 Å². The van der Waals surface area contributed by atoms with Crippen LogP contribution >= 0.6 is 47.2 Å². The number of amides is 1. The number of thiocarbonyl (C=S) groups is 1. The van der Waals surface area contributed by atoms with Crippen molar-refractivity contribution in [3.05, 3.63) is 68.5 Å². The van der Waals surface area contributed by atoms with Crippen molar-refractivity contribution in [2.75, 3.05) is 6.54 Å². The number of hydrogen-bond donors (Lipinski definition) is 0. The first-order valence-electron chi connectivity index (χ1n) is 7.90. The molecule has 7 heteroatoms. The number of thioether (sulfide) groups is 1. The molecule has 0 aliphatic carbocycles. The molecule has 1 aliphatic heterocycles. The van der Waals surface area contributed by atoms with Crippen LogP contribution in [0.15, 0.2) is 47.4 Å². The molecule has 3 rings (SSSR count). The van der Waals surface area contributed by atoms with Gasteiger partial charge in [-0.25, -0.2) is 0 Å². The molecule has 1 fully saturated rings. The van der Waals surface area contributed by atoms with Gasteiger partial charge in [0.2, 0.25) is 0 Å². The topological polar surface area (TPSA) is 29.5 Å². The summed E-state index contributed by atoms with van der Waals surface area (Å²) in [5, 5.41) is 1.17. The normalized spacial score (nSPS) is 15.8. The summed E-state index contributed by atoms with van der Waals surface area (Å²) in [6.45, 7) is 2.85. The molecule has 0 unspecified atom stereocenters. The predicted molar refractivity (Wildman–Crippen MR) is 113 cm³/mol. The van der Waals surface area contributed by atoms with E-state index in [1.165, 1.54) is 11.8 Å². The summed E-state index contributed by atoms with van der Waals surface area (Å²) in [7, 11) is 0. The number of benzene rings is 2. The zero-order valence-corrected chi connectivity index (χ0v) is 17.0. The van der Waals surface area contributed by atoms with Gasteiger partial charge in [0.25, 0.3) is 5.91 Å². The lowest BCUT2D eigenvalue weighted by Gasteiger charge is -2.09. The average Bonchev–Trinajstić information content (AvgIpc) is 2.88. The number of nitrogens with zero attached hydrogens (tertiary/aromatic N) is 1. The molecule has 26 heavy (non-hydrogen) atoms. The minimum absolute atomic E-state index is 0.0415. The van der Waals surface area contributed by atoms with E-state index in [1.54, 1.807) is 17.0 Å². The molecule has 0 atom stereocenters. The summed E-state index contributed by atoms with van der Waals surface area (Å²) >= 11 is 18.6. The summed E-state index contributed by atoms with van der Waals surface area (Å²) in [6, 6.07) is 12.8. The Kier molecular flexibility index (Phi) is 6.24. The van der Waals surface area contributed by atoms with Crippen molar-refractivity contribution in [3.8, 4) is 5.75 Å². The average molecular weight is 424 g/mol. The maximum absolute atomic E-state index is 12.2. The Morgan fingerprint density at radius 3 is 2.54 bits per heavy atom. The Hall–Kier alpha value is -1.53. The van der Waals surface area contributed by atoms with E-state index < -0.39 is 0 Å². The van der Waals surface area contributed by atoms with E-state index in [1.807, 2.05) is 43.3 Å². The van der Waals surface area contributed by atoms with E-state index in [9.17, 15) is 4.79 Å². The van der Waals surface area contributed by atoms with Crippen LogP contribution in [0.3, 0.4) is 0 Å². The highest BCUT2D eigenvalue weighted by molar-refractivity contribution is 8.26. The Balaban J connectivity index is 1.66. The van der Waals surface area contributed by atoms with Crippen molar-refractivity contribution in [1.29, 1.82) is 0 Å².